The van der Waals surface area contributed by atoms with E-state index >= 15 is 0 Å². The summed E-state index contributed by atoms with van der Waals surface area (Å²) in [5.41, 5.74) is 2.23. The zero-order valence-electron chi connectivity index (χ0n) is 8.17. The van der Waals surface area contributed by atoms with E-state index < -0.39 is 0 Å². The summed E-state index contributed by atoms with van der Waals surface area (Å²) in [5.74, 6) is 0. The van der Waals surface area contributed by atoms with E-state index in [2.05, 4.69) is 26.7 Å². The molecule has 0 spiro atoms. The van der Waals surface area contributed by atoms with Gasteiger partial charge in [-0.15, -0.1) is 15.8 Å². The summed E-state index contributed by atoms with van der Waals surface area (Å²) in [5, 5.41) is 0. The Hall–Kier alpha value is 0.860. The molecule has 0 amide bonds. The third-order valence-corrected chi connectivity index (χ3v) is 6.90. The van der Waals surface area contributed by atoms with E-state index in [9.17, 15) is 0 Å². The monoisotopic (exact) mass is 190 g/mol. The van der Waals surface area contributed by atoms with Gasteiger partial charge in [0, 0.05) is 0 Å². The van der Waals surface area contributed by atoms with Gasteiger partial charge in [0.2, 0.25) is 0 Å². The Morgan fingerprint density at radius 1 is 0.818 bits per heavy atom. The maximum absolute atomic E-state index is 2.46. The van der Waals surface area contributed by atoms with Crippen molar-refractivity contribution in [3.05, 3.63) is 0 Å². The van der Waals surface area contributed by atoms with Crippen molar-refractivity contribution in [1.82, 2.24) is 0 Å². The maximum Gasteiger partial charge on any atom is -0.0147 e. The first-order valence-corrected chi connectivity index (χ1v) is 9.07. The molecular weight excluding hydrogens is 170 g/mol. The summed E-state index contributed by atoms with van der Waals surface area (Å²) in [6.45, 7) is 9.82. The first-order chi connectivity index (χ1) is 5.13. The van der Waals surface area contributed by atoms with Gasteiger partial charge in [0.25, 0.3) is 0 Å². The van der Waals surface area contributed by atoms with Gasteiger partial charge in [-0.25, -0.2) is 0 Å². The molecule has 2 atom stereocenters. The van der Waals surface area contributed by atoms with Crippen molar-refractivity contribution in [2.45, 2.75) is 30.6 Å². The lowest BCUT2D eigenvalue weighted by atomic mass is 10.4. The molecule has 1 fully saturated rings. The highest BCUT2D eigenvalue weighted by Crippen LogP contribution is 2.53. The third-order valence-electron chi connectivity index (χ3n) is 2.77. The fourth-order valence-corrected chi connectivity index (χ4v) is 6.80. The van der Waals surface area contributed by atoms with E-state index in [0.29, 0.717) is 15.8 Å². The van der Waals surface area contributed by atoms with Gasteiger partial charge in [-0.2, -0.15) is 0 Å². The SMILES string of the molecule is CP(C)[C@@H]1CCC[C@H]1P(C)C. The lowest BCUT2D eigenvalue weighted by Gasteiger charge is -2.26. The van der Waals surface area contributed by atoms with Gasteiger partial charge in [0.1, 0.15) is 0 Å². The van der Waals surface area contributed by atoms with Crippen molar-refractivity contribution in [1.29, 1.82) is 0 Å². The van der Waals surface area contributed by atoms with Crippen molar-refractivity contribution in [3.63, 3.8) is 0 Å². The third kappa shape index (κ3) is 2.40. The fraction of sp³-hybridized carbons (Fsp3) is 1.00. The van der Waals surface area contributed by atoms with Gasteiger partial charge in [-0.1, -0.05) is 6.42 Å². The smallest absolute Gasteiger partial charge is 0.0147 e. The fourth-order valence-electron chi connectivity index (χ4n) is 2.13. The molecule has 1 aliphatic rings. The molecule has 0 aromatic heterocycles. The summed E-state index contributed by atoms with van der Waals surface area (Å²) in [7, 11) is 0.686. The summed E-state index contributed by atoms with van der Waals surface area (Å²) >= 11 is 0. The Labute approximate surface area is 73.7 Å². The highest BCUT2D eigenvalue weighted by atomic mass is 31.1. The lowest BCUT2D eigenvalue weighted by molar-refractivity contribution is 0.888. The number of rotatable bonds is 2. The van der Waals surface area contributed by atoms with Crippen LogP contribution in [0.3, 0.4) is 0 Å². The molecule has 11 heavy (non-hydrogen) atoms. The molecule has 1 saturated carbocycles. The van der Waals surface area contributed by atoms with E-state index in [0.717, 1.165) is 11.3 Å². The van der Waals surface area contributed by atoms with Gasteiger partial charge in [-0.3, -0.25) is 0 Å². The zero-order valence-corrected chi connectivity index (χ0v) is 9.96. The largest absolute Gasteiger partial charge is 0.109 e. The van der Waals surface area contributed by atoms with Crippen molar-refractivity contribution in [2.75, 3.05) is 26.7 Å². The second-order valence-corrected chi connectivity index (χ2v) is 9.17. The molecule has 0 saturated heterocycles. The average molecular weight is 190 g/mol. The maximum atomic E-state index is 2.46. The van der Waals surface area contributed by atoms with Crippen LogP contribution in [0.2, 0.25) is 0 Å². The van der Waals surface area contributed by atoms with Crippen LogP contribution in [0.4, 0.5) is 0 Å². The molecule has 2 heteroatoms. The van der Waals surface area contributed by atoms with E-state index in [1.54, 1.807) is 0 Å². The molecular formula is C9H20P2. The van der Waals surface area contributed by atoms with Crippen molar-refractivity contribution < 1.29 is 0 Å². The van der Waals surface area contributed by atoms with Crippen LogP contribution in [0.25, 0.3) is 0 Å². The second kappa shape index (κ2) is 4.20. The van der Waals surface area contributed by atoms with E-state index in [1.807, 2.05) is 0 Å². The Bertz CT molecular complexity index is 107. The molecule has 1 rings (SSSR count). The van der Waals surface area contributed by atoms with Gasteiger partial charge in [-0.05, 0) is 50.8 Å². The first-order valence-electron chi connectivity index (χ1n) is 4.46. The quantitative estimate of drug-likeness (QED) is 0.585. The molecule has 0 aliphatic heterocycles. The predicted octanol–water partition coefficient (Wildman–Crippen LogP) is 3.39. The molecule has 0 nitrogen and oxygen atoms in total. The second-order valence-electron chi connectivity index (χ2n) is 3.99. The average Bonchev–Trinajstić information content (AvgIpc) is 2.32. The summed E-state index contributed by atoms with van der Waals surface area (Å²) in [4.78, 5) is 0. The molecule has 0 radical (unpaired) electrons. The standard InChI is InChI=1S/C9H20P2/c1-10(2)8-6-5-7-9(8)11(3)4/h8-9H,5-7H2,1-4H3/t8-,9-/m1/s1. The molecule has 66 valence electrons. The summed E-state index contributed by atoms with van der Waals surface area (Å²) < 4.78 is 0. The minimum absolute atomic E-state index is 0.343. The predicted molar refractivity (Wildman–Crippen MR) is 59.0 cm³/mol. The number of hydrogen-bond acceptors (Lipinski definition) is 0. The Morgan fingerprint density at radius 3 is 1.45 bits per heavy atom. The lowest BCUT2D eigenvalue weighted by Crippen LogP contribution is -2.15. The van der Waals surface area contributed by atoms with Gasteiger partial charge in [0.15, 0.2) is 0 Å². The molecule has 0 aromatic rings. The van der Waals surface area contributed by atoms with Crippen LogP contribution in [0, 0.1) is 0 Å². The van der Waals surface area contributed by atoms with Crippen LogP contribution in [-0.4, -0.2) is 38.0 Å². The summed E-state index contributed by atoms with van der Waals surface area (Å²) in [6.07, 6.45) is 4.57. The van der Waals surface area contributed by atoms with Crippen LogP contribution in [-0.2, 0) is 0 Å². The molecule has 0 unspecified atom stereocenters. The number of hydrogen-bond donors (Lipinski definition) is 0. The van der Waals surface area contributed by atoms with Crippen molar-refractivity contribution >= 4 is 15.8 Å². The van der Waals surface area contributed by atoms with Crippen molar-refractivity contribution in [3.8, 4) is 0 Å². The van der Waals surface area contributed by atoms with Crippen LogP contribution < -0.4 is 0 Å². The van der Waals surface area contributed by atoms with E-state index in [4.69, 9.17) is 0 Å². The van der Waals surface area contributed by atoms with Crippen LogP contribution in [0.1, 0.15) is 19.3 Å². The normalized spacial score (nSPS) is 32.2. The van der Waals surface area contributed by atoms with E-state index in [1.165, 1.54) is 19.3 Å². The van der Waals surface area contributed by atoms with Gasteiger partial charge < -0.3 is 0 Å². The van der Waals surface area contributed by atoms with Crippen LogP contribution in [0.5, 0.6) is 0 Å². The van der Waals surface area contributed by atoms with Crippen molar-refractivity contribution in [2.24, 2.45) is 0 Å². The van der Waals surface area contributed by atoms with E-state index in [-0.39, 0.29) is 0 Å². The molecule has 0 N–H and O–H groups in total. The molecule has 1 aliphatic carbocycles. The topological polar surface area (TPSA) is 0 Å². The Kier molecular flexibility index (Phi) is 3.79. The Morgan fingerprint density at radius 2 is 1.18 bits per heavy atom. The molecule has 0 aromatic carbocycles. The minimum atomic E-state index is 0.343. The van der Waals surface area contributed by atoms with Gasteiger partial charge in [0.05, 0.1) is 0 Å². The van der Waals surface area contributed by atoms with Crippen LogP contribution >= 0.6 is 15.8 Å². The first kappa shape index (κ1) is 9.94. The Balaban J connectivity index is 2.51. The highest BCUT2D eigenvalue weighted by Gasteiger charge is 2.30. The zero-order chi connectivity index (χ0) is 8.43. The summed E-state index contributed by atoms with van der Waals surface area (Å²) in [6, 6.07) is 0. The van der Waals surface area contributed by atoms with Crippen LogP contribution in [0.15, 0.2) is 0 Å². The molecule has 0 bridgehead atoms. The van der Waals surface area contributed by atoms with Gasteiger partial charge >= 0.3 is 0 Å². The molecule has 0 heterocycles. The highest BCUT2D eigenvalue weighted by molar-refractivity contribution is 7.61. The minimum Gasteiger partial charge on any atom is -0.109 e.